The predicted molar refractivity (Wildman–Crippen MR) is 155 cm³/mol. The lowest BCUT2D eigenvalue weighted by atomic mass is 9.91. The van der Waals surface area contributed by atoms with Gasteiger partial charge in [0, 0.05) is 12.8 Å². The van der Waals surface area contributed by atoms with Crippen LogP contribution >= 0.6 is 0 Å². The molecule has 3 aliphatic heterocycles. The largest absolute Gasteiger partial charge is 0.390 e. The Morgan fingerprint density at radius 2 is 1.80 bits per heavy atom. The first-order chi connectivity index (χ1) is 19.2. The summed E-state index contributed by atoms with van der Waals surface area (Å²) in [6, 6.07) is -0.828. The Hall–Kier alpha value is -2.09. The molecular formula is C28H49N7O5. The number of nitrogens with two attached hydrogens (primary N) is 3. The molecule has 0 aromatic carbocycles. The zero-order valence-corrected chi connectivity index (χ0v) is 23.9. The van der Waals surface area contributed by atoms with Crippen LogP contribution in [0.1, 0.15) is 96.8 Å². The molecule has 3 rings (SSSR count). The van der Waals surface area contributed by atoms with E-state index in [0.717, 1.165) is 25.7 Å². The number of unbranched alkanes of at least 4 members (excludes halogenated alkanes) is 9. The van der Waals surface area contributed by atoms with Crippen LogP contribution in [-0.4, -0.2) is 94.0 Å². The predicted octanol–water partition coefficient (Wildman–Crippen LogP) is 1.15. The molecule has 12 heteroatoms. The number of ketones is 2. The number of aliphatic hydroxyl groups is 2. The first kappa shape index (κ1) is 32.4. The minimum absolute atomic E-state index is 0.0821. The van der Waals surface area contributed by atoms with Crippen molar-refractivity contribution >= 4 is 29.5 Å². The van der Waals surface area contributed by atoms with Crippen molar-refractivity contribution in [1.29, 1.82) is 0 Å². The highest BCUT2D eigenvalue weighted by molar-refractivity contribution is 6.51. The molecule has 0 aliphatic carbocycles. The van der Waals surface area contributed by atoms with E-state index in [9.17, 15) is 19.8 Å². The smallest absolute Gasteiger partial charge is 0.216 e. The first-order valence-electron chi connectivity index (χ1n) is 15.0. The molecular weight excluding hydrogens is 514 g/mol. The van der Waals surface area contributed by atoms with E-state index in [2.05, 4.69) is 21.9 Å². The van der Waals surface area contributed by atoms with Crippen LogP contribution in [0.2, 0.25) is 0 Å². The molecule has 1 fully saturated rings. The summed E-state index contributed by atoms with van der Waals surface area (Å²) in [4.78, 5) is 40.3. The Kier molecular flexibility index (Phi) is 12.8. The molecule has 2 unspecified atom stereocenters. The number of aliphatic imine (C=N–C) groups is 3. The molecule has 0 aromatic heterocycles. The Morgan fingerprint density at radius 3 is 2.48 bits per heavy atom. The molecule has 12 nitrogen and oxygen atoms in total. The number of fused-ring (bicyclic) bond motifs is 1. The number of rotatable bonds is 19. The molecule has 0 aromatic rings. The van der Waals surface area contributed by atoms with Crippen molar-refractivity contribution in [3.63, 3.8) is 0 Å². The van der Waals surface area contributed by atoms with Gasteiger partial charge in [0.2, 0.25) is 5.66 Å². The van der Waals surface area contributed by atoms with E-state index in [0.29, 0.717) is 31.6 Å². The van der Waals surface area contributed by atoms with Gasteiger partial charge >= 0.3 is 0 Å². The van der Waals surface area contributed by atoms with Crippen LogP contribution in [0, 0.1) is 0 Å². The molecule has 3 aliphatic rings. The third-order valence-electron chi connectivity index (χ3n) is 8.00. The fourth-order valence-electron chi connectivity index (χ4n) is 5.51. The van der Waals surface area contributed by atoms with Gasteiger partial charge in [-0.05, 0) is 25.8 Å². The molecule has 3 heterocycles. The topological polar surface area (TPSA) is 202 Å². The van der Waals surface area contributed by atoms with E-state index in [1.807, 2.05) is 0 Å². The monoisotopic (exact) mass is 563 g/mol. The highest BCUT2D eigenvalue weighted by Gasteiger charge is 2.51. The number of carbonyl (C=O) groups excluding carboxylic acids is 2. The van der Waals surface area contributed by atoms with E-state index in [1.54, 1.807) is 4.90 Å². The lowest BCUT2D eigenvalue weighted by molar-refractivity contribution is -0.142. The number of hydrogen-bond donors (Lipinski definition) is 5. The Balaban J connectivity index is 1.49. The Morgan fingerprint density at radius 1 is 1.12 bits per heavy atom. The van der Waals surface area contributed by atoms with Crippen LogP contribution in [0.5, 0.6) is 0 Å². The minimum Gasteiger partial charge on any atom is -0.390 e. The standard InChI is InChI=1S/C28H49N7O5/c1-2-3-4-5-6-7-8-9-10-14-20(36)23(38)24-21(37)16-22(40-24)35-18-33-25-27(35)32-17-34-28(25,31)26(39)19(30)13-11-12-15-29/h17,19,21-24,37-38H,2-16,18,29-31H2,1H3/t19-,21-,22+,23?,24-,28?/m0/s1. The Labute approximate surface area is 237 Å². The number of ether oxygens (including phenoxy) is 1. The normalized spacial score (nSPS) is 27.4. The molecule has 40 heavy (non-hydrogen) atoms. The van der Waals surface area contributed by atoms with Gasteiger partial charge in [-0.3, -0.25) is 20.3 Å². The molecule has 6 atom stereocenters. The fourth-order valence-corrected chi connectivity index (χ4v) is 5.51. The van der Waals surface area contributed by atoms with Gasteiger partial charge in [0.25, 0.3) is 0 Å². The molecule has 8 N–H and O–H groups in total. The summed E-state index contributed by atoms with van der Waals surface area (Å²) in [5, 5.41) is 21.4. The number of carbonyl (C=O) groups is 2. The number of Topliss-reactive ketones (excluding diaryl/α,β-unsaturated/α-hetero) is 2. The Bertz CT molecular complexity index is 942. The zero-order chi connectivity index (χ0) is 29.1. The average Bonchev–Trinajstić information content (AvgIpc) is 3.55. The van der Waals surface area contributed by atoms with Gasteiger partial charge < -0.3 is 31.3 Å². The van der Waals surface area contributed by atoms with Crippen molar-refractivity contribution in [2.45, 2.75) is 133 Å². The van der Waals surface area contributed by atoms with Gasteiger partial charge in [0.15, 0.2) is 17.4 Å². The summed E-state index contributed by atoms with van der Waals surface area (Å²) in [7, 11) is 0. The lowest BCUT2D eigenvalue weighted by Crippen LogP contribution is -2.62. The van der Waals surface area contributed by atoms with Crippen molar-refractivity contribution in [2.75, 3.05) is 13.2 Å². The minimum atomic E-state index is -1.77. The summed E-state index contributed by atoms with van der Waals surface area (Å²) >= 11 is 0. The van der Waals surface area contributed by atoms with Gasteiger partial charge in [-0.15, -0.1) is 0 Å². The maximum Gasteiger partial charge on any atom is 0.216 e. The maximum atomic E-state index is 13.2. The van der Waals surface area contributed by atoms with Gasteiger partial charge in [-0.1, -0.05) is 64.7 Å². The molecule has 0 spiro atoms. The van der Waals surface area contributed by atoms with E-state index in [4.69, 9.17) is 21.9 Å². The van der Waals surface area contributed by atoms with Crippen molar-refractivity contribution < 1.29 is 24.5 Å². The van der Waals surface area contributed by atoms with Gasteiger partial charge in [-0.2, -0.15) is 0 Å². The summed E-state index contributed by atoms with van der Waals surface area (Å²) < 4.78 is 5.97. The van der Waals surface area contributed by atoms with Gasteiger partial charge in [0.05, 0.1) is 12.1 Å². The second kappa shape index (κ2) is 15.8. The van der Waals surface area contributed by atoms with Gasteiger partial charge in [-0.25, -0.2) is 9.98 Å². The van der Waals surface area contributed by atoms with Crippen LogP contribution in [-0.2, 0) is 14.3 Å². The second-order valence-electron chi connectivity index (χ2n) is 11.2. The number of nitrogens with zero attached hydrogens (tertiary/aromatic N) is 4. The van der Waals surface area contributed by atoms with E-state index in [-0.39, 0.29) is 31.0 Å². The third-order valence-corrected chi connectivity index (χ3v) is 8.00. The number of hydrogen-bond acceptors (Lipinski definition) is 12. The second-order valence-corrected chi connectivity index (χ2v) is 11.2. The zero-order valence-electron chi connectivity index (χ0n) is 23.9. The van der Waals surface area contributed by atoms with Crippen LogP contribution in [0.3, 0.4) is 0 Å². The molecule has 1 saturated heterocycles. The fraction of sp³-hybridized carbons (Fsp3) is 0.821. The molecule has 0 radical (unpaired) electrons. The highest BCUT2D eigenvalue weighted by atomic mass is 16.5. The number of aliphatic hydroxyl groups excluding tert-OH is 2. The number of amidine groups is 1. The van der Waals surface area contributed by atoms with Crippen LogP contribution in [0.15, 0.2) is 15.0 Å². The molecule has 0 saturated carbocycles. The van der Waals surface area contributed by atoms with Crippen LogP contribution in [0.4, 0.5) is 0 Å². The quantitative estimate of drug-likeness (QED) is 0.143. The van der Waals surface area contributed by atoms with Crippen LogP contribution < -0.4 is 17.2 Å². The van der Waals surface area contributed by atoms with Crippen molar-refractivity contribution in [1.82, 2.24) is 4.90 Å². The average molecular weight is 564 g/mol. The van der Waals surface area contributed by atoms with Crippen molar-refractivity contribution in [2.24, 2.45) is 32.2 Å². The van der Waals surface area contributed by atoms with Crippen molar-refractivity contribution in [3.05, 3.63) is 0 Å². The first-order valence-corrected chi connectivity index (χ1v) is 15.0. The SMILES string of the molecule is CCCCCCCCCCCC(=O)C(O)[C@H]1O[C@@H](N2CN=C3C2=NC=NC3(N)C(=O)[C@@H](N)CCCCN)C[C@@H]1O. The summed E-state index contributed by atoms with van der Waals surface area (Å²) in [5.41, 5.74) is 16.5. The summed E-state index contributed by atoms with van der Waals surface area (Å²) in [5.74, 6) is -0.478. The van der Waals surface area contributed by atoms with Crippen LogP contribution in [0.25, 0.3) is 0 Å². The van der Waals surface area contributed by atoms with E-state index < -0.39 is 42.0 Å². The van der Waals surface area contributed by atoms with E-state index >= 15 is 0 Å². The third kappa shape index (κ3) is 8.01. The molecule has 226 valence electrons. The van der Waals surface area contributed by atoms with Crippen molar-refractivity contribution in [3.8, 4) is 0 Å². The highest BCUT2D eigenvalue weighted by Crippen LogP contribution is 2.31. The van der Waals surface area contributed by atoms with E-state index in [1.165, 1.54) is 38.4 Å². The molecule has 0 amide bonds. The van der Waals surface area contributed by atoms with Gasteiger partial charge in [0.1, 0.15) is 37.2 Å². The summed E-state index contributed by atoms with van der Waals surface area (Å²) in [6.07, 6.45) is 9.41. The molecule has 0 bridgehead atoms. The lowest BCUT2D eigenvalue weighted by Gasteiger charge is -2.32. The summed E-state index contributed by atoms with van der Waals surface area (Å²) in [6.45, 7) is 2.80. The maximum absolute atomic E-state index is 13.2.